The van der Waals surface area contributed by atoms with E-state index in [9.17, 15) is 29.3 Å². The van der Waals surface area contributed by atoms with Gasteiger partial charge in [-0.15, -0.1) is 0 Å². The molecule has 0 atom stereocenters. The number of barbiturate groups is 1. The van der Waals surface area contributed by atoms with Gasteiger partial charge in [0.25, 0.3) is 23.4 Å². The molecule has 0 bridgehead atoms. The van der Waals surface area contributed by atoms with Crippen molar-refractivity contribution in [2.45, 2.75) is 6.92 Å². The van der Waals surface area contributed by atoms with Crippen molar-refractivity contribution in [1.29, 1.82) is 0 Å². The number of ether oxygens (including phenoxy) is 3. The van der Waals surface area contributed by atoms with Crippen molar-refractivity contribution in [3.05, 3.63) is 86.4 Å². The van der Waals surface area contributed by atoms with E-state index >= 15 is 0 Å². The lowest BCUT2D eigenvalue weighted by Gasteiger charge is -2.26. The molecule has 2 N–H and O–H groups in total. The van der Waals surface area contributed by atoms with Gasteiger partial charge in [0, 0.05) is 12.1 Å². The largest absolute Gasteiger partial charge is 0.495 e. The van der Waals surface area contributed by atoms with Crippen molar-refractivity contribution in [1.82, 2.24) is 5.32 Å². The van der Waals surface area contributed by atoms with Crippen LogP contribution in [0.2, 0.25) is 0 Å². The molecule has 0 spiro atoms. The molecule has 0 saturated carbocycles. The Morgan fingerprint density at radius 2 is 1.79 bits per heavy atom. The molecule has 216 valence electrons. The molecular weight excluding hydrogens is 616 g/mol. The van der Waals surface area contributed by atoms with Gasteiger partial charge in [-0.05, 0) is 70.9 Å². The van der Waals surface area contributed by atoms with Crippen LogP contribution >= 0.6 is 15.9 Å². The predicted molar refractivity (Wildman–Crippen MR) is 155 cm³/mol. The SMILES string of the molecule is CCOc1cc(/C=C2/C(=O)NC(=O)N(c3ccc([N+](=O)[O-])cc3)C2=O)cc(Br)c1OCC(=O)Nc1ccccc1OC. The van der Waals surface area contributed by atoms with Crippen LogP contribution in [0.3, 0.4) is 0 Å². The zero-order valence-corrected chi connectivity index (χ0v) is 23.8. The Morgan fingerprint density at radius 1 is 1.07 bits per heavy atom. The Bertz CT molecular complexity index is 1610. The number of hydrogen-bond acceptors (Lipinski definition) is 9. The number of imide groups is 2. The summed E-state index contributed by atoms with van der Waals surface area (Å²) in [5.74, 6) is -1.41. The van der Waals surface area contributed by atoms with E-state index < -0.39 is 28.7 Å². The van der Waals surface area contributed by atoms with Gasteiger partial charge < -0.3 is 19.5 Å². The molecule has 1 saturated heterocycles. The minimum absolute atomic E-state index is 0.0350. The van der Waals surface area contributed by atoms with E-state index in [2.05, 4.69) is 26.6 Å². The number of carbonyl (C=O) groups excluding carboxylic acids is 4. The van der Waals surface area contributed by atoms with Gasteiger partial charge in [-0.3, -0.25) is 29.8 Å². The second kappa shape index (κ2) is 13.0. The number of nitro benzene ring substituents is 1. The van der Waals surface area contributed by atoms with Gasteiger partial charge in [0.15, 0.2) is 18.1 Å². The molecule has 0 radical (unpaired) electrons. The predicted octanol–water partition coefficient (Wildman–Crippen LogP) is 4.45. The quantitative estimate of drug-likeness (QED) is 0.141. The number of halogens is 1. The van der Waals surface area contributed by atoms with E-state index in [1.165, 1.54) is 37.5 Å². The lowest BCUT2D eigenvalue weighted by Crippen LogP contribution is -2.54. The van der Waals surface area contributed by atoms with Crippen LogP contribution in [-0.2, 0) is 14.4 Å². The first-order chi connectivity index (χ1) is 20.1. The lowest BCUT2D eigenvalue weighted by atomic mass is 10.1. The van der Waals surface area contributed by atoms with Gasteiger partial charge >= 0.3 is 6.03 Å². The van der Waals surface area contributed by atoms with Crippen LogP contribution in [0.5, 0.6) is 17.2 Å². The molecule has 14 heteroatoms. The van der Waals surface area contributed by atoms with Gasteiger partial charge in [-0.25, -0.2) is 9.69 Å². The first-order valence-corrected chi connectivity index (χ1v) is 13.1. The van der Waals surface area contributed by atoms with Crippen molar-refractivity contribution in [3.8, 4) is 17.2 Å². The van der Waals surface area contributed by atoms with Crippen molar-refractivity contribution >= 4 is 62.8 Å². The van der Waals surface area contributed by atoms with E-state index in [0.717, 1.165) is 12.1 Å². The molecule has 0 unspecified atom stereocenters. The normalized spacial score (nSPS) is 13.9. The third kappa shape index (κ3) is 6.55. The van der Waals surface area contributed by atoms with Gasteiger partial charge in [0.2, 0.25) is 0 Å². The third-order valence-corrected chi connectivity index (χ3v) is 6.38. The maximum absolute atomic E-state index is 13.2. The number of carbonyl (C=O) groups is 4. The highest BCUT2D eigenvalue weighted by molar-refractivity contribution is 9.10. The number of nitro groups is 1. The fourth-order valence-electron chi connectivity index (χ4n) is 3.93. The fourth-order valence-corrected chi connectivity index (χ4v) is 4.50. The van der Waals surface area contributed by atoms with Crippen LogP contribution in [-0.4, -0.2) is 49.0 Å². The number of methoxy groups -OCH3 is 1. The van der Waals surface area contributed by atoms with E-state index in [1.807, 2.05) is 0 Å². The van der Waals surface area contributed by atoms with Crippen LogP contribution in [0.25, 0.3) is 6.08 Å². The summed E-state index contributed by atoms with van der Waals surface area (Å²) >= 11 is 3.39. The second-order valence-corrected chi connectivity index (χ2v) is 9.39. The summed E-state index contributed by atoms with van der Waals surface area (Å²) in [6.07, 6.45) is 1.26. The number of non-ortho nitro benzene ring substituents is 1. The highest BCUT2D eigenvalue weighted by atomic mass is 79.9. The number of nitrogens with one attached hydrogen (secondary N) is 2. The monoisotopic (exact) mass is 638 g/mol. The molecule has 1 heterocycles. The average molecular weight is 639 g/mol. The van der Waals surface area contributed by atoms with Crippen LogP contribution in [0.15, 0.2) is 70.7 Å². The van der Waals surface area contributed by atoms with E-state index in [-0.39, 0.29) is 41.7 Å². The molecule has 0 aliphatic carbocycles. The Kier molecular flexibility index (Phi) is 9.17. The summed E-state index contributed by atoms with van der Waals surface area (Å²) in [6, 6.07) is 13.7. The minimum Gasteiger partial charge on any atom is -0.495 e. The number of nitrogens with zero attached hydrogens (tertiary/aromatic N) is 2. The summed E-state index contributed by atoms with van der Waals surface area (Å²) < 4.78 is 17.0. The van der Waals surface area contributed by atoms with Crippen molar-refractivity contribution in [2.75, 3.05) is 30.5 Å². The van der Waals surface area contributed by atoms with E-state index in [4.69, 9.17) is 14.2 Å². The fraction of sp³-hybridized carbons (Fsp3) is 0.143. The number of rotatable bonds is 10. The minimum atomic E-state index is -0.998. The van der Waals surface area contributed by atoms with Crippen LogP contribution < -0.4 is 29.7 Å². The molecule has 4 rings (SSSR count). The highest BCUT2D eigenvalue weighted by Crippen LogP contribution is 2.38. The number of para-hydroxylation sites is 2. The third-order valence-electron chi connectivity index (χ3n) is 5.79. The first kappa shape index (κ1) is 29.7. The van der Waals surface area contributed by atoms with Gasteiger partial charge in [0.05, 0.1) is 34.5 Å². The molecule has 42 heavy (non-hydrogen) atoms. The average Bonchev–Trinajstić information content (AvgIpc) is 2.95. The van der Waals surface area contributed by atoms with Crippen LogP contribution in [0.1, 0.15) is 12.5 Å². The van der Waals surface area contributed by atoms with Crippen LogP contribution in [0, 0.1) is 10.1 Å². The summed E-state index contributed by atoms with van der Waals surface area (Å²) in [5.41, 5.74) is 0.243. The molecule has 3 aromatic rings. The van der Waals surface area contributed by atoms with Crippen molar-refractivity contribution < 1.29 is 38.3 Å². The smallest absolute Gasteiger partial charge is 0.335 e. The molecule has 5 amide bonds. The standard InChI is InChI=1S/C28H23BrN4O9/c1-3-41-23-14-16(13-20(29)25(23)42-15-24(34)30-21-6-4-5-7-22(21)40-2)12-19-26(35)31-28(37)32(27(19)36)17-8-10-18(11-9-17)33(38)39/h4-14H,3,15H2,1-2H3,(H,30,34)(H,31,35,37)/b19-12-. The van der Waals surface area contributed by atoms with Gasteiger partial charge in [-0.2, -0.15) is 0 Å². The second-order valence-electron chi connectivity index (χ2n) is 8.53. The number of hydrogen-bond donors (Lipinski definition) is 2. The topological polar surface area (TPSA) is 166 Å². The van der Waals surface area contributed by atoms with E-state index in [0.29, 0.717) is 26.4 Å². The number of amides is 5. The zero-order valence-electron chi connectivity index (χ0n) is 22.2. The molecule has 1 aliphatic heterocycles. The molecule has 3 aromatic carbocycles. The van der Waals surface area contributed by atoms with Crippen molar-refractivity contribution in [2.24, 2.45) is 0 Å². The lowest BCUT2D eigenvalue weighted by molar-refractivity contribution is -0.384. The molecule has 0 aromatic heterocycles. The maximum Gasteiger partial charge on any atom is 0.335 e. The number of anilines is 2. The van der Waals surface area contributed by atoms with E-state index in [1.54, 1.807) is 31.2 Å². The highest BCUT2D eigenvalue weighted by Gasteiger charge is 2.37. The number of benzene rings is 3. The van der Waals surface area contributed by atoms with Crippen LogP contribution in [0.4, 0.5) is 21.9 Å². The Morgan fingerprint density at radius 3 is 2.45 bits per heavy atom. The Labute approximate surface area is 247 Å². The van der Waals surface area contributed by atoms with Gasteiger partial charge in [-0.1, -0.05) is 12.1 Å². The first-order valence-electron chi connectivity index (χ1n) is 12.3. The summed E-state index contributed by atoms with van der Waals surface area (Å²) in [7, 11) is 1.49. The zero-order chi connectivity index (χ0) is 30.4. The van der Waals surface area contributed by atoms with Crippen molar-refractivity contribution in [3.63, 3.8) is 0 Å². The Hall–Kier alpha value is -5.24. The summed E-state index contributed by atoms with van der Waals surface area (Å²) in [5, 5.41) is 15.8. The maximum atomic E-state index is 13.2. The molecule has 1 fully saturated rings. The summed E-state index contributed by atoms with van der Waals surface area (Å²) in [4.78, 5) is 61.9. The molecule has 13 nitrogen and oxygen atoms in total. The Balaban J connectivity index is 1.58. The molecule has 1 aliphatic rings. The number of urea groups is 1. The molecular formula is C28H23BrN4O9. The van der Waals surface area contributed by atoms with Gasteiger partial charge in [0.1, 0.15) is 11.3 Å². The summed E-state index contributed by atoms with van der Waals surface area (Å²) in [6.45, 7) is 1.60.